The summed E-state index contributed by atoms with van der Waals surface area (Å²) in [5, 5.41) is 0. The van der Waals surface area contributed by atoms with Crippen molar-refractivity contribution >= 4 is 27.6 Å². The lowest BCUT2D eigenvalue weighted by Crippen LogP contribution is -2.38. The Morgan fingerprint density at radius 1 is 0.941 bits per heavy atom. The zero-order chi connectivity index (χ0) is 25.1. The number of ether oxygens (including phenoxy) is 4. The van der Waals surface area contributed by atoms with Crippen molar-refractivity contribution < 1.29 is 37.0 Å². The van der Waals surface area contributed by atoms with Gasteiger partial charge in [0.2, 0.25) is 0 Å². The Morgan fingerprint density at radius 3 is 1.88 bits per heavy atom. The first-order valence-electron chi connectivity index (χ1n) is 10.7. The number of sulfonamides is 1. The molecular weight excluding hydrogens is 462 g/mol. The Balaban J connectivity index is 1.91. The molecule has 9 nitrogen and oxygen atoms in total. The van der Waals surface area contributed by atoms with Crippen LogP contribution in [-0.4, -0.2) is 46.8 Å². The predicted molar refractivity (Wildman–Crippen MR) is 123 cm³/mol. The number of hydrogen-bond donors (Lipinski definition) is 1. The molecular formula is C24H29NO8S. The van der Waals surface area contributed by atoms with E-state index in [-0.39, 0.29) is 10.8 Å². The highest BCUT2D eigenvalue weighted by Crippen LogP contribution is 2.43. The average Bonchev–Trinajstić information content (AvgIpc) is 3.18. The largest absolute Gasteiger partial charge is 0.467 e. The molecule has 0 bridgehead atoms. The summed E-state index contributed by atoms with van der Waals surface area (Å²) < 4.78 is 49.6. The van der Waals surface area contributed by atoms with Gasteiger partial charge in [-0.2, -0.15) is 0 Å². The summed E-state index contributed by atoms with van der Waals surface area (Å²) in [6.07, 6.45) is -2.30. The Kier molecular flexibility index (Phi) is 7.64. The maximum atomic E-state index is 12.7. The molecule has 0 amide bonds. The van der Waals surface area contributed by atoms with Crippen LogP contribution >= 0.6 is 0 Å². The first-order valence-corrected chi connectivity index (χ1v) is 12.2. The van der Waals surface area contributed by atoms with Gasteiger partial charge in [-0.15, -0.1) is 0 Å². The van der Waals surface area contributed by atoms with E-state index in [0.717, 1.165) is 5.56 Å². The summed E-state index contributed by atoms with van der Waals surface area (Å²) in [7, 11) is -1.39. The van der Waals surface area contributed by atoms with Crippen molar-refractivity contribution in [2.45, 2.75) is 50.1 Å². The van der Waals surface area contributed by atoms with Gasteiger partial charge in [0.25, 0.3) is 10.0 Å². The molecule has 0 aliphatic carbocycles. The van der Waals surface area contributed by atoms with Gasteiger partial charge in [-0.25, -0.2) is 18.0 Å². The third-order valence-corrected chi connectivity index (χ3v) is 6.76. The van der Waals surface area contributed by atoms with Crippen LogP contribution in [0.5, 0.6) is 0 Å². The Bertz CT molecular complexity index is 1100. The molecule has 10 heteroatoms. The molecule has 0 saturated carbocycles. The zero-order valence-corrected chi connectivity index (χ0v) is 20.5. The molecule has 2 atom stereocenters. The second-order valence-corrected chi connectivity index (χ2v) is 10.2. The van der Waals surface area contributed by atoms with Gasteiger partial charge in [0.15, 0.2) is 18.0 Å². The molecule has 0 spiro atoms. The Hall–Kier alpha value is -2.95. The van der Waals surface area contributed by atoms with Crippen molar-refractivity contribution in [3.05, 3.63) is 59.7 Å². The predicted octanol–water partition coefficient (Wildman–Crippen LogP) is 3.12. The Morgan fingerprint density at radius 2 is 1.44 bits per heavy atom. The number of rotatable bonds is 8. The summed E-state index contributed by atoms with van der Waals surface area (Å²) in [5.41, 5.74) is 1.79. The number of anilines is 1. The second-order valence-electron chi connectivity index (χ2n) is 8.47. The number of benzene rings is 2. The molecule has 1 aliphatic heterocycles. The number of nitrogens with one attached hydrogen (secondary N) is 1. The highest BCUT2D eigenvalue weighted by atomic mass is 32.2. The highest BCUT2D eigenvalue weighted by Gasteiger charge is 2.55. The monoisotopic (exact) mass is 491 g/mol. The molecule has 1 fully saturated rings. The second kappa shape index (κ2) is 10.1. The maximum Gasteiger partial charge on any atom is 0.338 e. The lowest BCUT2D eigenvalue weighted by molar-refractivity contribution is -0.203. The number of esters is 2. The zero-order valence-electron chi connectivity index (χ0n) is 19.7. The standard InChI is InChI=1S/C24H29NO8S/c1-15(2)14-24(32-20(22(26)30-4)21(33-24)23(27)31-5)17-8-10-18(11-9-17)25-34(28,29)19-12-6-16(3)7-13-19/h6-13,15,20-21,25H,14H2,1-5H3/t20-,21-/m1/s1. The normalized spacial score (nSPS) is 19.6. The van der Waals surface area contributed by atoms with E-state index in [1.165, 1.54) is 26.4 Å². The minimum Gasteiger partial charge on any atom is -0.467 e. The third kappa shape index (κ3) is 5.40. The summed E-state index contributed by atoms with van der Waals surface area (Å²) in [4.78, 5) is 24.8. The SMILES string of the molecule is COC(=O)[C@@H]1OC(CC(C)C)(c2ccc(NS(=O)(=O)c3ccc(C)cc3)cc2)O[C@H]1C(=O)OC. The molecule has 184 valence electrons. The van der Waals surface area contributed by atoms with Crippen molar-refractivity contribution in [1.82, 2.24) is 0 Å². The number of aryl methyl sites for hydroxylation is 1. The van der Waals surface area contributed by atoms with Gasteiger partial charge >= 0.3 is 11.9 Å². The number of carbonyl (C=O) groups is 2. The van der Waals surface area contributed by atoms with Crippen LogP contribution < -0.4 is 4.72 Å². The molecule has 3 rings (SSSR count). The van der Waals surface area contributed by atoms with Gasteiger partial charge in [-0.1, -0.05) is 43.7 Å². The molecule has 1 aliphatic rings. The van der Waals surface area contributed by atoms with Gasteiger partial charge in [-0.05, 0) is 37.1 Å². The fourth-order valence-electron chi connectivity index (χ4n) is 3.75. The minimum atomic E-state index is -3.78. The molecule has 0 aromatic heterocycles. The first-order chi connectivity index (χ1) is 16.0. The van der Waals surface area contributed by atoms with E-state index in [4.69, 9.17) is 18.9 Å². The summed E-state index contributed by atoms with van der Waals surface area (Å²) in [6, 6.07) is 12.9. The van der Waals surface area contributed by atoms with Crippen LogP contribution in [0.1, 0.15) is 31.4 Å². The van der Waals surface area contributed by atoms with Crippen LogP contribution in [0, 0.1) is 12.8 Å². The van der Waals surface area contributed by atoms with Crippen LogP contribution in [0.2, 0.25) is 0 Å². The van der Waals surface area contributed by atoms with Crippen molar-refractivity contribution in [3.8, 4) is 0 Å². The molecule has 0 unspecified atom stereocenters. The highest BCUT2D eigenvalue weighted by molar-refractivity contribution is 7.92. The molecule has 1 N–H and O–H groups in total. The molecule has 0 radical (unpaired) electrons. The quantitative estimate of drug-likeness (QED) is 0.560. The van der Waals surface area contributed by atoms with Crippen molar-refractivity contribution in [3.63, 3.8) is 0 Å². The molecule has 2 aromatic carbocycles. The van der Waals surface area contributed by atoms with E-state index >= 15 is 0 Å². The van der Waals surface area contributed by atoms with Crippen LogP contribution in [0.15, 0.2) is 53.4 Å². The van der Waals surface area contributed by atoms with Crippen molar-refractivity contribution in [2.75, 3.05) is 18.9 Å². The summed E-state index contributed by atoms with van der Waals surface area (Å²) >= 11 is 0. The average molecular weight is 492 g/mol. The number of carbonyl (C=O) groups excluding carboxylic acids is 2. The van der Waals surface area contributed by atoms with Crippen LogP contribution in [0.3, 0.4) is 0 Å². The van der Waals surface area contributed by atoms with Crippen LogP contribution in [-0.2, 0) is 44.3 Å². The van der Waals surface area contributed by atoms with Gasteiger partial charge in [0.1, 0.15) is 0 Å². The topological polar surface area (TPSA) is 117 Å². The van der Waals surface area contributed by atoms with Crippen LogP contribution in [0.25, 0.3) is 0 Å². The third-order valence-electron chi connectivity index (χ3n) is 5.36. The van der Waals surface area contributed by atoms with Gasteiger partial charge in [-0.3, -0.25) is 4.72 Å². The molecule has 2 aromatic rings. The lowest BCUT2D eigenvalue weighted by atomic mass is 9.95. The van der Waals surface area contributed by atoms with E-state index in [1.807, 2.05) is 20.8 Å². The van der Waals surface area contributed by atoms with E-state index in [1.54, 1.807) is 36.4 Å². The van der Waals surface area contributed by atoms with Gasteiger partial charge < -0.3 is 18.9 Å². The van der Waals surface area contributed by atoms with E-state index in [9.17, 15) is 18.0 Å². The molecule has 1 saturated heterocycles. The summed E-state index contributed by atoms with van der Waals surface area (Å²) in [6.45, 7) is 5.76. The smallest absolute Gasteiger partial charge is 0.338 e. The number of methoxy groups -OCH3 is 2. The Labute approximate surface area is 199 Å². The fourth-order valence-corrected chi connectivity index (χ4v) is 4.81. The van der Waals surface area contributed by atoms with Crippen molar-refractivity contribution in [2.24, 2.45) is 5.92 Å². The van der Waals surface area contributed by atoms with E-state index in [2.05, 4.69) is 4.72 Å². The molecule has 34 heavy (non-hydrogen) atoms. The summed E-state index contributed by atoms with van der Waals surface area (Å²) in [5.74, 6) is -2.89. The van der Waals surface area contributed by atoms with E-state index in [0.29, 0.717) is 17.7 Å². The molecule has 1 heterocycles. The van der Waals surface area contributed by atoms with Crippen LogP contribution in [0.4, 0.5) is 5.69 Å². The number of hydrogen-bond acceptors (Lipinski definition) is 8. The van der Waals surface area contributed by atoms with Gasteiger partial charge in [0, 0.05) is 17.7 Å². The fraction of sp³-hybridized carbons (Fsp3) is 0.417. The van der Waals surface area contributed by atoms with Crippen molar-refractivity contribution in [1.29, 1.82) is 0 Å². The van der Waals surface area contributed by atoms with E-state index < -0.39 is 40.0 Å². The van der Waals surface area contributed by atoms with Gasteiger partial charge in [0.05, 0.1) is 19.1 Å². The maximum absolute atomic E-state index is 12.7. The first kappa shape index (κ1) is 25.7. The lowest BCUT2D eigenvalue weighted by Gasteiger charge is -2.30. The minimum absolute atomic E-state index is 0.0643.